The zero-order chi connectivity index (χ0) is 27.5. The summed E-state index contributed by atoms with van der Waals surface area (Å²) in [5, 5.41) is 0. The lowest BCUT2D eigenvalue weighted by molar-refractivity contribution is -0.137. The van der Waals surface area contributed by atoms with E-state index in [1.807, 2.05) is 73.6 Å². The standard InChI is InChI=1S/C7H10.C7H8.C4H9NO.C3H6O2.4C2H6/c2*1-7-5-3-2-4-6-7;1-4(5-2)6-3;1-3(4)5-2;4*1-2/h3,5-6H,2,4H2,1H3;2-6H,1H3;1-3H3;1-2H3;4*1-2H3. The zero-order valence-electron chi connectivity index (χ0n) is 24.7. The Kier molecular flexibility index (Phi) is 63.7. The summed E-state index contributed by atoms with van der Waals surface area (Å²) in [6, 6.07) is 10.3. The molecular formula is C29H57NO3. The van der Waals surface area contributed by atoms with Gasteiger partial charge in [-0.3, -0.25) is 9.79 Å². The van der Waals surface area contributed by atoms with E-state index in [4.69, 9.17) is 0 Å². The monoisotopic (exact) mass is 467 g/mol. The third-order valence-corrected chi connectivity index (χ3v) is 3.02. The molecule has 1 aromatic carbocycles. The topological polar surface area (TPSA) is 47.9 Å². The summed E-state index contributed by atoms with van der Waals surface area (Å²) < 4.78 is 8.76. The van der Waals surface area contributed by atoms with Crippen molar-refractivity contribution in [2.75, 3.05) is 21.3 Å². The van der Waals surface area contributed by atoms with Gasteiger partial charge in [0.05, 0.1) is 14.2 Å². The molecule has 0 fully saturated rings. The second-order valence-electron chi connectivity index (χ2n) is 5.23. The van der Waals surface area contributed by atoms with E-state index in [2.05, 4.69) is 58.7 Å². The van der Waals surface area contributed by atoms with E-state index in [0.717, 1.165) is 5.90 Å². The van der Waals surface area contributed by atoms with Crippen LogP contribution in [0.25, 0.3) is 0 Å². The van der Waals surface area contributed by atoms with Crippen molar-refractivity contribution in [1.29, 1.82) is 0 Å². The number of hydrogen-bond acceptors (Lipinski definition) is 4. The SMILES string of the molecule is CC.CC.CC.CC.CC1=CCCC=C1.CN=C(C)OC.COC(C)=O.Cc1ccccc1. The molecule has 0 spiro atoms. The first-order valence-electron chi connectivity index (χ1n) is 12.2. The maximum absolute atomic E-state index is 9.59. The molecule has 0 saturated heterocycles. The van der Waals surface area contributed by atoms with Crippen LogP contribution >= 0.6 is 0 Å². The largest absolute Gasteiger partial charge is 0.485 e. The lowest BCUT2D eigenvalue weighted by Gasteiger charge is -1.96. The second-order valence-corrected chi connectivity index (χ2v) is 5.23. The van der Waals surface area contributed by atoms with Crippen LogP contribution in [0.4, 0.5) is 0 Å². The number of nitrogens with zero attached hydrogens (tertiary/aromatic N) is 1. The number of rotatable bonds is 0. The first kappa shape index (κ1) is 44.3. The van der Waals surface area contributed by atoms with Gasteiger partial charge in [-0.15, -0.1) is 0 Å². The molecule has 0 amide bonds. The summed E-state index contributed by atoms with van der Waals surface area (Å²) in [4.78, 5) is 13.3. The van der Waals surface area contributed by atoms with Crippen molar-refractivity contribution >= 4 is 11.9 Å². The quantitative estimate of drug-likeness (QED) is 0.217. The van der Waals surface area contributed by atoms with Crippen LogP contribution < -0.4 is 0 Å². The van der Waals surface area contributed by atoms with Crippen LogP contribution in [0.5, 0.6) is 0 Å². The van der Waals surface area contributed by atoms with E-state index in [1.54, 1.807) is 21.1 Å². The van der Waals surface area contributed by atoms with Crippen LogP contribution in [-0.2, 0) is 14.3 Å². The molecule has 2 rings (SSSR count). The molecule has 33 heavy (non-hydrogen) atoms. The Morgan fingerprint density at radius 3 is 1.33 bits per heavy atom. The molecule has 1 aliphatic rings. The average molecular weight is 468 g/mol. The van der Waals surface area contributed by atoms with Gasteiger partial charge in [0, 0.05) is 20.9 Å². The normalized spacial score (nSPS) is 9.79. The summed E-state index contributed by atoms with van der Waals surface area (Å²) in [5.74, 6) is 0.472. The summed E-state index contributed by atoms with van der Waals surface area (Å²) in [6.07, 6.45) is 9.12. The van der Waals surface area contributed by atoms with E-state index in [1.165, 1.54) is 38.0 Å². The molecule has 1 aromatic rings. The Morgan fingerprint density at radius 2 is 1.21 bits per heavy atom. The van der Waals surface area contributed by atoms with Gasteiger partial charge in [-0.05, 0) is 26.7 Å². The molecule has 196 valence electrons. The van der Waals surface area contributed by atoms with Crippen LogP contribution in [0.15, 0.2) is 59.1 Å². The van der Waals surface area contributed by atoms with E-state index in [0.29, 0.717) is 0 Å². The minimum Gasteiger partial charge on any atom is -0.485 e. The third kappa shape index (κ3) is 58.7. The van der Waals surface area contributed by atoms with Crippen LogP contribution in [0.3, 0.4) is 0 Å². The van der Waals surface area contributed by atoms with Gasteiger partial charge in [-0.25, -0.2) is 0 Å². The summed E-state index contributed by atoms with van der Waals surface area (Å²) in [5.41, 5.74) is 2.73. The van der Waals surface area contributed by atoms with Crippen molar-refractivity contribution < 1.29 is 14.3 Å². The van der Waals surface area contributed by atoms with Crippen molar-refractivity contribution in [2.45, 2.75) is 95.9 Å². The highest BCUT2D eigenvalue weighted by molar-refractivity contribution is 5.72. The predicted octanol–water partition coefficient (Wildman–Crippen LogP) is 9.24. The number of allylic oxidation sites excluding steroid dienone is 4. The fraction of sp³-hybridized carbons (Fsp3) is 0.586. The fourth-order valence-electron chi connectivity index (χ4n) is 1.37. The van der Waals surface area contributed by atoms with Crippen LogP contribution in [0.2, 0.25) is 0 Å². The molecular weight excluding hydrogens is 410 g/mol. The van der Waals surface area contributed by atoms with Crippen LogP contribution in [0.1, 0.15) is 94.6 Å². The molecule has 0 saturated carbocycles. The van der Waals surface area contributed by atoms with Crippen molar-refractivity contribution in [3.63, 3.8) is 0 Å². The highest BCUT2D eigenvalue weighted by Crippen LogP contribution is 2.06. The highest BCUT2D eigenvalue weighted by Gasteiger charge is 1.86. The molecule has 4 heteroatoms. The van der Waals surface area contributed by atoms with Gasteiger partial charge in [-0.2, -0.15) is 0 Å². The Labute approximate surface area is 208 Å². The van der Waals surface area contributed by atoms with Gasteiger partial charge in [0.25, 0.3) is 0 Å². The average Bonchev–Trinajstić information content (AvgIpc) is 2.90. The molecule has 0 N–H and O–H groups in total. The van der Waals surface area contributed by atoms with Crippen molar-refractivity contribution in [2.24, 2.45) is 4.99 Å². The fourth-order valence-corrected chi connectivity index (χ4v) is 1.37. The first-order valence-corrected chi connectivity index (χ1v) is 12.2. The number of carbonyl (C=O) groups excluding carboxylic acids is 1. The summed E-state index contributed by atoms with van der Waals surface area (Å²) in [7, 11) is 4.64. The number of esters is 1. The molecule has 0 unspecified atom stereocenters. The minimum absolute atomic E-state index is 0.245. The van der Waals surface area contributed by atoms with E-state index < -0.39 is 0 Å². The smallest absolute Gasteiger partial charge is 0.302 e. The van der Waals surface area contributed by atoms with Crippen LogP contribution in [-0.4, -0.2) is 33.1 Å². The zero-order valence-corrected chi connectivity index (χ0v) is 24.7. The Morgan fingerprint density at radius 1 is 0.788 bits per heavy atom. The van der Waals surface area contributed by atoms with Gasteiger partial charge < -0.3 is 9.47 Å². The van der Waals surface area contributed by atoms with Crippen LogP contribution in [0, 0.1) is 6.92 Å². The maximum Gasteiger partial charge on any atom is 0.302 e. The molecule has 0 atom stereocenters. The van der Waals surface area contributed by atoms with Crippen molar-refractivity contribution in [3.8, 4) is 0 Å². The van der Waals surface area contributed by atoms with E-state index in [9.17, 15) is 4.79 Å². The first-order chi connectivity index (χ1) is 15.9. The summed E-state index contributed by atoms with van der Waals surface area (Å²) in [6.45, 7) is 23.4. The number of aryl methyl sites for hydroxylation is 1. The van der Waals surface area contributed by atoms with E-state index in [-0.39, 0.29) is 5.97 Å². The molecule has 0 aliphatic heterocycles. The lowest BCUT2D eigenvalue weighted by Crippen LogP contribution is -1.90. The molecule has 1 aliphatic carbocycles. The number of aliphatic imine (C=N–C) groups is 1. The maximum atomic E-state index is 9.59. The molecule has 0 aromatic heterocycles. The van der Waals surface area contributed by atoms with Gasteiger partial charge in [0.15, 0.2) is 5.90 Å². The Hall–Kier alpha value is -2.36. The van der Waals surface area contributed by atoms with Crippen molar-refractivity contribution in [1.82, 2.24) is 0 Å². The van der Waals surface area contributed by atoms with Gasteiger partial charge in [-0.1, -0.05) is 115 Å². The van der Waals surface area contributed by atoms with Gasteiger partial charge in [0.2, 0.25) is 0 Å². The molecule has 0 radical (unpaired) electrons. The third-order valence-electron chi connectivity index (χ3n) is 3.02. The molecule has 0 bridgehead atoms. The van der Waals surface area contributed by atoms with Gasteiger partial charge in [0.1, 0.15) is 0 Å². The second kappa shape index (κ2) is 47.4. The van der Waals surface area contributed by atoms with Gasteiger partial charge >= 0.3 is 5.97 Å². The number of hydrogen-bond donors (Lipinski definition) is 0. The van der Waals surface area contributed by atoms with E-state index >= 15 is 0 Å². The highest BCUT2D eigenvalue weighted by atomic mass is 16.5. The molecule has 4 nitrogen and oxygen atoms in total. The summed E-state index contributed by atoms with van der Waals surface area (Å²) >= 11 is 0. The number of carbonyl (C=O) groups is 1. The minimum atomic E-state index is -0.245. The molecule has 0 heterocycles. The Bertz CT molecular complexity index is 533. The van der Waals surface area contributed by atoms with Crippen molar-refractivity contribution in [3.05, 3.63) is 59.7 Å². The predicted molar refractivity (Wildman–Crippen MR) is 152 cm³/mol. The number of methoxy groups -OCH3 is 2. The Balaban J connectivity index is -0.0000000672. The number of benzene rings is 1. The number of ether oxygens (including phenoxy) is 2. The lowest BCUT2D eigenvalue weighted by atomic mass is 10.1.